The molecule has 1 aromatic rings. The average Bonchev–Trinajstić information content (AvgIpc) is 2.84. The molecule has 0 aromatic heterocycles. The van der Waals surface area contributed by atoms with Crippen LogP contribution in [0.5, 0.6) is 0 Å². The van der Waals surface area contributed by atoms with E-state index < -0.39 is 5.97 Å². The van der Waals surface area contributed by atoms with Crippen LogP contribution in [0.4, 0.5) is 5.69 Å². The molecule has 1 atom stereocenters. The van der Waals surface area contributed by atoms with Crippen LogP contribution in [0, 0.1) is 13.8 Å². The maximum absolute atomic E-state index is 12.6. The van der Waals surface area contributed by atoms with E-state index in [0.717, 1.165) is 23.2 Å². The van der Waals surface area contributed by atoms with Crippen molar-refractivity contribution in [3.05, 3.63) is 29.3 Å². The number of hydrogen-bond acceptors (Lipinski definition) is 4. The van der Waals surface area contributed by atoms with Gasteiger partial charge in [-0.15, -0.1) is 0 Å². The summed E-state index contributed by atoms with van der Waals surface area (Å²) < 4.78 is 0. The minimum Gasteiger partial charge on any atom is -0.480 e. The summed E-state index contributed by atoms with van der Waals surface area (Å²) in [6, 6.07) is 5.87. The van der Waals surface area contributed by atoms with Gasteiger partial charge in [0, 0.05) is 31.7 Å². The van der Waals surface area contributed by atoms with E-state index in [1.54, 1.807) is 4.90 Å². The van der Waals surface area contributed by atoms with Crippen molar-refractivity contribution in [1.29, 1.82) is 0 Å². The zero-order chi connectivity index (χ0) is 20.0. The van der Waals surface area contributed by atoms with Crippen LogP contribution in [0.2, 0.25) is 0 Å². The second-order valence-corrected chi connectivity index (χ2v) is 7.13. The molecule has 27 heavy (non-hydrogen) atoms. The molecule has 0 radical (unpaired) electrons. The van der Waals surface area contributed by atoms with Crippen molar-refractivity contribution < 1.29 is 19.5 Å². The fourth-order valence-corrected chi connectivity index (χ4v) is 3.65. The van der Waals surface area contributed by atoms with Crippen LogP contribution >= 0.6 is 0 Å². The molecule has 0 saturated carbocycles. The highest BCUT2D eigenvalue weighted by Crippen LogP contribution is 2.20. The normalized spacial score (nSPS) is 17.1. The number of hydrogen-bond donors (Lipinski definition) is 2. The van der Waals surface area contributed by atoms with E-state index in [1.165, 1.54) is 11.8 Å². The molecule has 2 amide bonds. The lowest BCUT2D eigenvalue weighted by molar-refractivity contribution is -0.145. The summed E-state index contributed by atoms with van der Waals surface area (Å²) in [5.41, 5.74) is 3.19. The third-order valence-corrected chi connectivity index (χ3v) is 5.10. The van der Waals surface area contributed by atoms with Crippen LogP contribution in [-0.4, -0.2) is 64.9 Å². The number of nitrogens with one attached hydrogen (secondary N) is 1. The summed E-state index contributed by atoms with van der Waals surface area (Å²) in [7, 11) is 0. The van der Waals surface area contributed by atoms with Gasteiger partial charge in [0.25, 0.3) is 0 Å². The standard InChI is InChI=1S/C20H29N3O4/c1-14-6-4-7-15(2)20(14)21-12-18(25)22-10-5-8-17(9-11-22)23(16(3)24)13-19(26)27/h4,6-7,17,21H,5,8-13H2,1-3H3,(H,26,27). The van der Waals surface area contributed by atoms with E-state index in [0.29, 0.717) is 25.9 Å². The first kappa shape index (κ1) is 20.7. The first-order chi connectivity index (χ1) is 12.8. The minimum atomic E-state index is -1.01. The van der Waals surface area contributed by atoms with Gasteiger partial charge >= 0.3 is 5.97 Å². The zero-order valence-electron chi connectivity index (χ0n) is 16.3. The van der Waals surface area contributed by atoms with Crippen molar-refractivity contribution >= 4 is 23.5 Å². The molecule has 1 unspecified atom stereocenters. The second-order valence-electron chi connectivity index (χ2n) is 7.13. The summed E-state index contributed by atoms with van der Waals surface area (Å²) in [5, 5.41) is 12.3. The molecular weight excluding hydrogens is 346 g/mol. The number of aryl methyl sites for hydroxylation is 2. The molecule has 1 fully saturated rings. The summed E-state index contributed by atoms with van der Waals surface area (Å²) in [5.74, 6) is -1.23. The lowest BCUT2D eigenvalue weighted by Gasteiger charge is -2.29. The van der Waals surface area contributed by atoms with Gasteiger partial charge in [0.1, 0.15) is 6.54 Å². The van der Waals surface area contributed by atoms with Gasteiger partial charge in [-0.3, -0.25) is 14.4 Å². The number of nitrogens with zero attached hydrogens (tertiary/aromatic N) is 2. The third-order valence-electron chi connectivity index (χ3n) is 5.10. The monoisotopic (exact) mass is 375 g/mol. The summed E-state index contributed by atoms with van der Waals surface area (Å²) in [6.07, 6.45) is 2.06. The Kier molecular flexibility index (Phi) is 7.21. The first-order valence-electron chi connectivity index (χ1n) is 9.36. The fourth-order valence-electron chi connectivity index (χ4n) is 3.65. The van der Waals surface area contributed by atoms with E-state index in [2.05, 4.69) is 5.32 Å². The number of carboxylic acid groups (broad SMARTS) is 1. The van der Waals surface area contributed by atoms with Gasteiger partial charge in [-0.1, -0.05) is 18.2 Å². The molecule has 1 heterocycles. The van der Waals surface area contributed by atoms with Gasteiger partial charge in [-0.2, -0.15) is 0 Å². The lowest BCUT2D eigenvalue weighted by atomic mass is 10.1. The second kappa shape index (κ2) is 9.39. The largest absolute Gasteiger partial charge is 0.480 e. The van der Waals surface area contributed by atoms with Crippen molar-refractivity contribution in [2.24, 2.45) is 0 Å². The van der Waals surface area contributed by atoms with Gasteiger partial charge in [-0.05, 0) is 44.2 Å². The van der Waals surface area contributed by atoms with Crippen LogP contribution in [0.15, 0.2) is 18.2 Å². The van der Waals surface area contributed by atoms with E-state index in [9.17, 15) is 14.4 Å². The molecule has 148 valence electrons. The molecule has 2 rings (SSSR count). The molecule has 1 aliphatic heterocycles. The highest BCUT2D eigenvalue weighted by atomic mass is 16.4. The summed E-state index contributed by atoms with van der Waals surface area (Å²) in [6.45, 7) is 6.50. The lowest BCUT2D eigenvalue weighted by Crippen LogP contribution is -2.43. The van der Waals surface area contributed by atoms with Crippen LogP contribution in [0.25, 0.3) is 0 Å². The van der Waals surface area contributed by atoms with Gasteiger partial charge in [-0.25, -0.2) is 0 Å². The zero-order valence-corrected chi connectivity index (χ0v) is 16.3. The van der Waals surface area contributed by atoms with Crippen molar-refractivity contribution in [1.82, 2.24) is 9.80 Å². The SMILES string of the molecule is CC(=O)N(CC(=O)O)C1CCCN(C(=O)CNc2c(C)cccc2C)CC1. The number of likely N-dealkylation sites (tertiary alicyclic amines) is 1. The molecule has 0 bridgehead atoms. The van der Waals surface area contributed by atoms with Crippen LogP contribution in [-0.2, 0) is 14.4 Å². The Labute approximate surface area is 160 Å². The molecule has 0 spiro atoms. The number of carbonyl (C=O) groups excluding carboxylic acids is 2. The maximum Gasteiger partial charge on any atom is 0.323 e. The number of aliphatic carboxylic acids is 1. The molecule has 7 heteroatoms. The van der Waals surface area contributed by atoms with Crippen molar-refractivity contribution in [2.45, 2.75) is 46.1 Å². The number of rotatable bonds is 6. The molecule has 1 saturated heterocycles. The van der Waals surface area contributed by atoms with Crippen LogP contribution in [0.3, 0.4) is 0 Å². The molecule has 7 nitrogen and oxygen atoms in total. The highest BCUT2D eigenvalue weighted by molar-refractivity contribution is 5.82. The fraction of sp³-hybridized carbons (Fsp3) is 0.550. The Morgan fingerprint density at radius 1 is 1.19 bits per heavy atom. The quantitative estimate of drug-likeness (QED) is 0.794. The summed E-state index contributed by atoms with van der Waals surface area (Å²) >= 11 is 0. The van der Waals surface area contributed by atoms with Gasteiger partial charge in [0.15, 0.2) is 0 Å². The predicted octanol–water partition coefficient (Wildman–Crippen LogP) is 2.03. The number of carbonyl (C=O) groups is 3. The smallest absolute Gasteiger partial charge is 0.323 e. The Morgan fingerprint density at radius 3 is 2.44 bits per heavy atom. The minimum absolute atomic E-state index is 0.0194. The highest BCUT2D eigenvalue weighted by Gasteiger charge is 2.27. The number of amides is 2. The van der Waals surface area contributed by atoms with Crippen LogP contribution in [0.1, 0.15) is 37.3 Å². The molecule has 0 aliphatic carbocycles. The number of carboxylic acids is 1. The molecule has 1 aromatic carbocycles. The first-order valence-corrected chi connectivity index (χ1v) is 9.36. The van der Waals surface area contributed by atoms with Crippen molar-refractivity contribution in [3.63, 3.8) is 0 Å². The Hall–Kier alpha value is -2.57. The Bertz CT molecular complexity index is 684. The van der Waals surface area contributed by atoms with E-state index in [-0.39, 0.29) is 30.9 Å². The Morgan fingerprint density at radius 2 is 1.85 bits per heavy atom. The predicted molar refractivity (Wildman–Crippen MR) is 104 cm³/mol. The Balaban J connectivity index is 1.94. The van der Waals surface area contributed by atoms with Gasteiger partial charge < -0.3 is 20.2 Å². The van der Waals surface area contributed by atoms with Crippen molar-refractivity contribution in [2.75, 3.05) is 31.5 Å². The maximum atomic E-state index is 12.6. The van der Waals surface area contributed by atoms with Crippen LogP contribution < -0.4 is 5.32 Å². The molecular formula is C20H29N3O4. The van der Waals surface area contributed by atoms with E-state index in [4.69, 9.17) is 5.11 Å². The van der Waals surface area contributed by atoms with Gasteiger partial charge in [0.2, 0.25) is 11.8 Å². The number of para-hydroxylation sites is 1. The molecule has 1 aliphatic rings. The van der Waals surface area contributed by atoms with E-state index >= 15 is 0 Å². The number of anilines is 1. The number of benzene rings is 1. The topological polar surface area (TPSA) is 90.0 Å². The van der Waals surface area contributed by atoms with E-state index in [1.807, 2.05) is 32.0 Å². The van der Waals surface area contributed by atoms with Crippen molar-refractivity contribution in [3.8, 4) is 0 Å². The molecule has 2 N–H and O–H groups in total. The summed E-state index contributed by atoms with van der Waals surface area (Å²) in [4.78, 5) is 38.7. The van der Waals surface area contributed by atoms with Gasteiger partial charge in [0.05, 0.1) is 6.54 Å². The third kappa shape index (κ3) is 5.70. The average molecular weight is 375 g/mol.